The largest absolute Gasteiger partial charge is 0.478 e. The fourth-order valence-electron chi connectivity index (χ4n) is 1.17. The molecule has 0 saturated carbocycles. The normalized spacial score (nSPS) is 10.2. The van der Waals surface area contributed by atoms with Crippen LogP contribution < -0.4 is 5.32 Å². The molecule has 0 spiro atoms. The van der Waals surface area contributed by atoms with Crippen LogP contribution in [0, 0.1) is 0 Å². The molecule has 1 amide bonds. The highest BCUT2D eigenvalue weighted by Crippen LogP contribution is 2.15. The van der Waals surface area contributed by atoms with E-state index in [1.165, 1.54) is 0 Å². The van der Waals surface area contributed by atoms with Gasteiger partial charge in [0, 0.05) is 17.8 Å². The Bertz CT molecular complexity index is 472. The van der Waals surface area contributed by atoms with Gasteiger partial charge in [0.1, 0.15) is 0 Å². The highest BCUT2D eigenvalue weighted by molar-refractivity contribution is 6.02. The smallest absolute Gasteiger partial charge is 0.328 e. The van der Waals surface area contributed by atoms with Crippen molar-refractivity contribution in [1.82, 2.24) is 0 Å². The topological polar surface area (TPSA) is 66.4 Å². The molecule has 88 valence electrons. The number of aliphatic carboxylic acids is 1. The molecule has 1 aromatic rings. The lowest BCUT2D eigenvalue weighted by atomic mass is 10.1. The summed E-state index contributed by atoms with van der Waals surface area (Å²) in [5, 5.41) is 10.9. The van der Waals surface area contributed by atoms with E-state index in [9.17, 15) is 9.59 Å². The molecule has 1 rings (SSSR count). The van der Waals surface area contributed by atoms with Crippen LogP contribution in [-0.2, 0) is 9.59 Å². The molecule has 4 heteroatoms. The number of hydrogen-bond donors (Lipinski definition) is 2. The van der Waals surface area contributed by atoms with E-state index in [0.717, 1.165) is 23.3 Å². The quantitative estimate of drug-likeness (QED) is 0.781. The van der Waals surface area contributed by atoms with Gasteiger partial charge in [-0.3, -0.25) is 4.79 Å². The minimum absolute atomic E-state index is 0.476. The zero-order valence-electron chi connectivity index (χ0n) is 9.43. The molecule has 0 unspecified atom stereocenters. The number of carboxylic acid groups (broad SMARTS) is 1. The molecule has 0 radical (unpaired) electrons. The minimum atomic E-state index is -1.15. The van der Waals surface area contributed by atoms with Crippen molar-refractivity contribution in [2.24, 2.45) is 0 Å². The van der Waals surface area contributed by atoms with Crippen molar-refractivity contribution in [2.75, 3.05) is 5.32 Å². The van der Waals surface area contributed by atoms with Crippen molar-refractivity contribution in [3.8, 4) is 0 Å². The Morgan fingerprint density at radius 1 is 1.24 bits per heavy atom. The molecule has 0 atom stereocenters. The maximum absolute atomic E-state index is 11.3. The molecule has 0 bridgehead atoms. The van der Waals surface area contributed by atoms with Gasteiger partial charge in [0.15, 0.2) is 0 Å². The zero-order chi connectivity index (χ0) is 12.8. The van der Waals surface area contributed by atoms with E-state index >= 15 is 0 Å². The Morgan fingerprint density at radius 3 is 2.29 bits per heavy atom. The monoisotopic (exact) mass is 231 g/mol. The summed E-state index contributed by atoms with van der Waals surface area (Å²) in [7, 11) is 0. The molecule has 0 aliphatic carbocycles. The van der Waals surface area contributed by atoms with Crippen molar-refractivity contribution >= 4 is 23.1 Å². The Morgan fingerprint density at radius 2 is 1.82 bits per heavy atom. The lowest BCUT2D eigenvalue weighted by Crippen LogP contribution is -2.08. The number of carbonyl (C=O) groups excluding carboxylic acids is 1. The van der Waals surface area contributed by atoms with Gasteiger partial charge in [-0.15, -0.1) is 0 Å². The van der Waals surface area contributed by atoms with E-state index < -0.39 is 11.9 Å². The number of carbonyl (C=O) groups is 2. The van der Waals surface area contributed by atoms with Gasteiger partial charge in [0.05, 0.1) is 0 Å². The summed E-state index contributed by atoms with van der Waals surface area (Å²) in [5.74, 6) is -1.63. The van der Waals surface area contributed by atoms with Gasteiger partial charge in [0.25, 0.3) is 0 Å². The van der Waals surface area contributed by atoms with E-state index in [2.05, 4.69) is 11.9 Å². The summed E-state index contributed by atoms with van der Waals surface area (Å²) in [4.78, 5) is 21.5. The first-order chi connectivity index (χ1) is 7.99. The maximum Gasteiger partial charge on any atom is 0.328 e. The van der Waals surface area contributed by atoms with E-state index in [1.807, 2.05) is 19.1 Å². The SMILES string of the molecule is C=C(C)c1ccc(NC(=O)/C=C\C(=O)O)cc1. The van der Waals surface area contributed by atoms with Gasteiger partial charge >= 0.3 is 5.97 Å². The van der Waals surface area contributed by atoms with Gasteiger partial charge in [0.2, 0.25) is 5.91 Å². The molecule has 4 nitrogen and oxygen atoms in total. The van der Waals surface area contributed by atoms with Crippen LogP contribution in [0.1, 0.15) is 12.5 Å². The van der Waals surface area contributed by atoms with Crippen LogP contribution in [0.3, 0.4) is 0 Å². The van der Waals surface area contributed by atoms with Crippen LogP contribution >= 0.6 is 0 Å². The predicted octanol–water partition coefficient (Wildman–Crippen LogP) is 2.30. The number of rotatable bonds is 4. The number of allylic oxidation sites excluding steroid dienone is 1. The van der Waals surface area contributed by atoms with E-state index in [1.54, 1.807) is 12.1 Å². The van der Waals surface area contributed by atoms with E-state index in [4.69, 9.17) is 5.11 Å². The van der Waals surface area contributed by atoms with E-state index in [0.29, 0.717) is 5.69 Å². The lowest BCUT2D eigenvalue weighted by Gasteiger charge is -2.04. The summed E-state index contributed by atoms with van der Waals surface area (Å²) >= 11 is 0. The minimum Gasteiger partial charge on any atom is -0.478 e. The van der Waals surface area contributed by atoms with Crippen molar-refractivity contribution in [3.63, 3.8) is 0 Å². The van der Waals surface area contributed by atoms with E-state index in [-0.39, 0.29) is 0 Å². The first kappa shape index (κ1) is 12.7. The second kappa shape index (κ2) is 5.65. The van der Waals surface area contributed by atoms with Crippen LogP contribution in [0.15, 0.2) is 43.0 Å². The number of benzene rings is 1. The predicted molar refractivity (Wildman–Crippen MR) is 66.6 cm³/mol. The van der Waals surface area contributed by atoms with Gasteiger partial charge in [-0.2, -0.15) is 0 Å². The number of carboxylic acids is 1. The third-order valence-electron chi connectivity index (χ3n) is 2.02. The Balaban J connectivity index is 2.66. The van der Waals surface area contributed by atoms with Crippen LogP contribution in [0.4, 0.5) is 5.69 Å². The van der Waals surface area contributed by atoms with Gasteiger partial charge < -0.3 is 10.4 Å². The number of hydrogen-bond acceptors (Lipinski definition) is 2. The average Bonchev–Trinajstić information content (AvgIpc) is 2.27. The second-order valence-electron chi connectivity index (χ2n) is 3.52. The van der Waals surface area contributed by atoms with Gasteiger partial charge in [-0.05, 0) is 24.6 Å². The molecule has 0 aromatic heterocycles. The van der Waals surface area contributed by atoms with Crippen LogP contribution in [0.5, 0.6) is 0 Å². The van der Waals surface area contributed by atoms with Crippen LogP contribution in [-0.4, -0.2) is 17.0 Å². The second-order valence-corrected chi connectivity index (χ2v) is 3.52. The molecule has 0 heterocycles. The third-order valence-corrected chi connectivity index (χ3v) is 2.02. The average molecular weight is 231 g/mol. The van der Waals surface area contributed by atoms with Crippen molar-refractivity contribution in [1.29, 1.82) is 0 Å². The van der Waals surface area contributed by atoms with Crippen LogP contribution in [0.25, 0.3) is 5.57 Å². The molecule has 1 aromatic carbocycles. The third kappa shape index (κ3) is 4.34. The summed E-state index contributed by atoms with van der Waals surface area (Å²) in [6.07, 6.45) is 1.76. The first-order valence-corrected chi connectivity index (χ1v) is 4.97. The Kier molecular flexibility index (Phi) is 4.22. The molecular formula is C13H13NO3. The fraction of sp³-hybridized carbons (Fsp3) is 0.0769. The lowest BCUT2D eigenvalue weighted by molar-refractivity contribution is -0.131. The molecule has 0 saturated heterocycles. The first-order valence-electron chi connectivity index (χ1n) is 4.97. The number of amides is 1. The van der Waals surface area contributed by atoms with Crippen molar-refractivity contribution in [3.05, 3.63) is 48.6 Å². The van der Waals surface area contributed by atoms with Crippen LogP contribution in [0.2, 0.25) is 0 Å². The standard InChI is InChI=1S/C13H13NO3/c1-9(2)10-3-5-11(6-4-10)14-12(15)7-8-13(16)17/h3-8H,1H2,2H3,(H,14,15)(H,16,17)/b8-7-. The molecule has 0 aliphatic rings. The maximum atomic E-state index is 11.3. The fourth-order valence-corrected chi connectivity index (χ4v) is 1.17. The summed E-state index contributed by atoms with van der Waals surface area (Å²) in [6, 6.07) is 7.13. The highest BCUT2D eigenvalue weighted by Gasteiger charge is 1.99. The summed E-state index contributed by atoms with van der Waals surface area (Å²) in [6.45, 7) is 5.69. The zero-order valence-corrected chi connectivity index (χ0v) is 9.43. The number of nitrogens with one attached hydrogen (secondary N) is 1. The molecule has 2 N–H and O–H groups in total. The highest BCUT2D eigenvalue weighted by atomic mass is 16.4. The van der Waals surface area contributed by atoms with Gasteiger partial charge in [-0.25, -0.2) is 4.79 Å². The Hall–Kier alpha value is -2.36. The summed E-state index contributed by atoms with van der Waals surface area (Å²) in [5.41, 5.74) is 2.53. The molecule has 0 fully saturated rings. The molecular weight excluding hydrogens is 218 g/mol. The summed E-state index contributed by atoms with van der Waals surface area (Å²) < 4.78 is 0. The van der Waals surface area contributed by atoms with Crippen molar-refractivity contribution < 1.29 is 14.7 Å². The van der Waals surface area contributed by atoms with Gasteiger partial charge in [-0.1, -0.05) is 24.3 Å². The molecule has 0 aliphatic heterocycles. The van der Waals surface area contributed by atoms with Crippen molar-refractivity contribution in [2.45, 2.75) is 6.92 Å². The Labute approximate surface area is 99.3 Å². The molecule has 17 heavy (non-hydrogen) atoms. The number of anilines is 1.